The second-order valence-electron chi connectivity index (χ2n) is 8.93. The maximum atomic E-state index is 13.2. The lowest BCUT2D eigenvalue weighted by Gasteiger charge is -2.47. The molecule has 3 aliphatic rings. The van der Waals surface area contributed by atoms with Crippen LogP contribution in [0.5, 0.6) is 0 Å². The van der Waals surface area contributed by atoms with Crippen LogP contribution in [0.3, 0.4) is 0 Å². The number of fused-ring (bicyclic) bond motifs is 5. The summed E-state index contributed by atoms with van der Waals surface area (Å²) in [4.78, 5) is 15.6. The summed E-state index contributed by atoms with van der Waals surface area (Å²) in [5.74, 6) is 0. The molecule has 2 bridgehead atoms. The Labute approximate surface area is 188 Å². The van der Waals surface area contributed by atoms with E-state index in [1.54, 1.807) is 0 Å². The summed E-state index contributed by atoms with van der Waals surface area (Å²) >= 11 is 6.06. The van der Waals surface area contributed by atoms with Gasteiger partial charge in [0.25, 0.3) is 0 Å². The predicted octanol–water partition coefficient (Wildman–Crippen LogP) is 4.44. The van der Waals surface area contributed by atoms with Crippen molar-refractivity contribution in [2.75, 3.05) is 0 Å². The Morgan fingerprint density at radius 2 is 2.13 bits per heavy atom. The molecule has 1 aromatic carbocycles. The topological polar surface area (TPSA) is 46.5 Å². The molecular formula is C25H28ClN3O2. The van der Waals surface area contributed by atoms with Crippen LogP contribution in [0.4, 0.5) is 0 Å². The molecule has 1 aromatic heterocycles. The van der Waals surface area contributed by atoms with Gasteiger partial charge in [0.15, 0.2) is 5.43 Å². The minimum Gasteiger partial charge on any atom is -0.381 e. The Bertz CT molecular complexity index is 1150. The van der Waals surface area contributed by atoms with Gasteiger partial charge in [0, 0.05) is 35.1 Å². The first-order valence-corrected chi connectivity index (χ1v) is 11.3. The van der Waals surface area contributed by atoms with E-state index in [4.69, 9.17) is 16.3 Å². The van der Waals surface area contributed by atoms with E-state index < -0.39 is 0 Å². The van der Waals surface area contributed by atoms with Gasteiger partial charge in [-0.05, 0) is 56.4 Å². The molecular weight excluding hydrogens is 410 g/mol. The van der Waals surface area contributed by atoms with Crippen molar-refractivity contribution in [2.24, 2.45) is 0 Å². The molecule has 1 saturated heterocycles. The summed E-state index contributed by atoms with van der Waals surface area (Å²) in [6, 6.07) is 6.28. The SMILES string of the molecule is C=C(NCc1ccc(Cl)cc1C)c1cn2c(c(C)c1=O)C(=C)N1[C@@H]3CC[C@@H](C3)O[C@H]1C2. The first-order valence-electron chi connectivity index (χ1n) is 10.9. The fourth-order valence-corrected chi connectivity index (χ4v) is 5.56. The third kappa shape index (κ3) is 3.40. The van der Waals surface area contributed by atoms with Crippen LogP contribution in [0.15, 0.2) is 42.3 Å². The van der Waals surface area contributed by atoms with E-state index in [1.807, 2.05) is 38.2 Å². The van der Waals surface area contributed by atoms with Gasteiger partial charge in [-0.25, -0.2) is 0 Å². The number of nitrogens with zero attached hydrogens (tertiary/aromatic N) is 2. The summed E-state index contributed by atoms with van der Waals surface area (Å²) in [6.45, 7) is 13.7. The van der Waals surface area contributed by atoms with Gasteiger partial charge in [0.2, 0.25) is 0 Å². The number of aromatic nitrogens is 1. The molecule has 3 heterocycles. The lowest BCUT2D eigenvalue weighted by Crippen LogP contribution is -2.52. The Morgan fingerprint density at radius 1 is 1.32 bits per heavy atom. The third-order valence-corrected chi connectivity index (χ3v) is 7.22. The number of hydrogen-bond donors (Lipinski definition) is 1. The average Bonchev–Trinajstić information content (AvgIpc) is 3.10. The molecule has 6 heteroatoms. The van der Waals surface area contributed by atoms with E-state index in [0.717, 1.165) is 46.8 Å². The van der Waals surface area contributed by atoms with Crippen LogP contribution in [-0.2, 0) is 17.8 Å². The van der Waals surface area contributed by atoms with Gasteiger partial charge in [-0.2, -0.15) is 0 Å². The van der Waals surface area contributed by atoms with Gasteiger partial charge in [0.05, 0.1) is 29.6 Å². The Kier molecular flexibility index (Phi) is 4.98. The standard InChI is InChI=1S/C25H28ClN3O2/c1-14-9-19(26)6-5-18(14)11-27-16(3)22-12-28-13-23-29(20-7-8-21(10-20)31-23)17(4)24(28)15(2)25(22)30/h5-6,9,12,20-21,23,27H,3-4,7-8,10-11,13H2,1-2H3/t20-,21+,23+/m1/s1. The van der Waals surface area contributed by atoms with Crippen molar-refractivity contribution < 1.29 is 4.74 Å². The first-order chi connectivity index (χ1) is 14.8. The minimum absolute atomic E-state index is 0.00148. The van der Waals surface area contributed by atoms with Crippen molar-refractivity contribution in [2.45, 2.75) is 64.6 Å². The van der Waals surface area contributed by atoms with Crippen LogP contribution < -0.4 is 10.7 Å². The van der Waals surface area contributed by atoms with E-state index in [0.29, 0.717) is 42.1 Å². The van der Waals surface area contributed by atoms with Crippen molar-refractivity contribution in [1.82, 2.24) is 14.8 Å². The summed E-state index contributed by atoms with van der Waals surface area (Å²) in [5, 5.41) is 4.05. The van der Waals surface area contributed by atoms with Crippen molar-refractivity contribution in [1.29, 1.82) is 0 Å². The van der Waals surface area contributed by atoms with Gasteiger partial charge in [-0.3, -0.25) is 4.79 Å². The molecule has 0 radical (unpaired) electrons. The van der Waals surface area contributed by atoms with Crippen molar-refractivity contribution in [3.8, 4) is 0 Å². The van der Waals surface area contributed by atoms with Gasteiger partial charge >= 0.3 is 0 Å². The predicted molar refractivity (Wildman–Crippen MR) is 125 cm³/mol. The number of ether oxygens (including phenoxy) is 1. The monoisotopic (exact) mass is 437 g/mol. The summed E-state index contributed by atoms with van der Waals surface area (Å²) in [7, 11) is 0. The van der Waals surface area contributed by atoms with E-state index in [9.17, 15) is 4.79 Å². The van der Waals surface area contributed by atoms with Crippen molar-refractivity contribution in [3.05, 3.63) is 80.7 Å². The molecule has 1 N–H and O–H groups in total. The zero-order valence-corrected chi connectivity index (χ0v) is 18.8. The number of pyridine rings is 1. The summed E-state index contributed by atoms with van der Waals surface area (Å²) in [6.07, 6.45) is 5.54. The molecule has 2 aliphatic heterocycles. The highest BCUT2D eigenvalue weighted by Crippen LogP contribution is 2.42. The van der Waals surface area contributed by atoms with Crippen LogP contribution in [-0.4, -0.2) is 27.8 Å². The Hall–Kier alpha value is -2.50. The largest absolute Gasteiger partial charge is 0.381 e. The molecule has 1 saturated carbocycles. The fraction of sp³-hybridized carbons (Fsp3) is 0.400. The second-order valence-corrected chi connectivity index (χ2v) is 9.37. The zero-order valence-electron chi connectivity index (χ0n) is 18.1. The van der Waals surface area contributed by atoms with Gasteiger partial charge in [-0.1, -0.05) is 30.8 Å². The number of rotatable bonds is 4. The molecule has 0 spiro atoms. The smallest absolute Gasteiger partial charge is 0.194 e. The molecule has 0 amide bonds. The molecule has 5 rings (SSSR count). The highest BCUT2D eigenvalue weighted by atomic mass is 35.5. The molecule has 1 aliphatic carbocycles. The summed E-state index contributed by atoms with van der Waals surface area (Å²) < 4.78 is 8.45. The van der Waals surface area contributed by atoms with Crippen LogP contribution in [0.25, 0.3) is 11.4 Å². The molecule has 2 fully saturated rings. The Morgan fingerprint density at radius 3 is 2.90 bits per heavy atom. The van der Waals surface area contributed by atoms with Gasteiger partial charge in [0.1, 0.15) is 6.23 Å². The molecule has 2 aromatic rings. The molecule has 162 valence electrons. The molecule has 5 nitrogen and oxygen atoms in total. The average molecular weight is 438 g/mol. The number of nitrogens with one attached hydrogen (secondary N) is 1. The third-order valence-electron chi connectivity index (χ3n) is 6.98. The zero-order chi connectivity index (χ0) is 21.9. The first kappa shape index (κ1) is 20.4. The molecule has 0 unspecified atom stereocenters. The van der Waals surface area contributed by atoms with E-state index in [1.165, 1.54) is 0 Å². The minimum atomic E-state index is -0.0149. The number of aryl methyl sites for hydroxylation is 1. The highest BCUT2D eigenvalue weighted by molar-refractivity contribution is 6.30. The van der Waals surface area contributed by atoms with E-state index >= 15 is 0 Å². The maximum absolute atomic E-state index is 13.2. The lowest BCUT2D eigenvalue weighted by atomic mass is 10.0. The number of halogens is 1. The fourth-order valence-electron chi connectivity index (χ4n) is 5.33. The van der Waals surface area contributed by atoms with Crippen LogP contribution >= 0.6 is 11.6 Å². The van der Waals surface area contributed by atoms with Crippen molar-refractivity contribution in [3.63, 3.8) is 0 Å². The summed E-state index contributed by atoms with van der Waals surface area (Å²) in [5.41, 5.74) is 5.97. The lowest BCUT2D eigenvalue weighted by molar-refractivity contribution is -0.125. The Balaban J connectivity index is 1.43. The quantitative estimate of drug-likeness (QED) is 0.768. The van der Waals surface area contributed by atoms with Gasteiger partial charge < -0.3 is 19.5 Å². The van der Waals surface area contributed by atoms with Crippen LogP contribution in [0.2, 0.25) is 5.02 Å². The highest BCUT2D eigenvalue weighted by Gasteiger charge is 2.44. The molecule has 3 atom stereocenters. The van der Waals surface area contributed by atoms with Crippen LogP contribution in [0.1, 0.15) is 47.2 Å². The normalized spacial score (nSPS) is 24.0. The number of hydrogen-bond acceptors (Lipinski definition) is 4. The van der Waals surface area contributed by atoms with Gasteiger partial charge in [-0.15, -0.1) is 0 Å². The van der Waals surface area contributed by atoms with E-state index in [2.05, 4.69) is 27.9 Å². The second kappa shape index (κ2) is 7.57. The van der Waals surface area contributed by atoms with E-state index in [-0.39, 0.29) is 11.7 Å². The number of benzene rings is 1. The van der Waals surface area contributed by atoms with Crippen LogP contribution in [0, 0.1) is 13.8 Å². The molecule has 31 heavy (non-hydrogen) atoms. The maximum Gasteiger partial charge on any atom is 0.194 e. The van der Waals surface area contributed by atoms with Crippen molar-refractivity contribution >= 4 is 23.0 Å².